The molecule has 1 aliphatic heterocycles. The van der Waals surface area contributed by atoms with Crippen molar-refractivity contribution in [2.75, 3.05) is 26.3 Å². The molecule has 0 aromatic heterocycles. The van der Waals surface area contributed by atoms with Gasteiger partial charge in [0.05, 0.1) is 0 Å². The summed E-state index contributed by atoms with van der Waals surface area (Å²) in [7, 11) is 0. The van der Waals surface area contributed by atoms with Gasteiger partial charge < -0.3 is 14.7 Å². The van der Waals surface area contributed by atoms with Crippen LogP contribution in [0.15, 0.2) is 0 Å². The first-order valence-electron chi connectivity index (χ1n) is 5.68. The third-order valence-electron chi connectivity index (χ3n) is 2.93. The number of rotatable bonds is 5. The molecule has 1 rings (SSSR count). The lowest BCUT2D eigenvalue weighted by Gasteiger charge is -2.30. The van der Waals surface area contributed by atoms with Gasteiger partial charge in [0.1, 0.15) is 5.60 Å². The molecule has 88 valence electrons. The van der Waals surface area contributed by atoms with E-state index in [2.05, 4.69) is 0 Å². The summed E-state index contributed by atoms with van der Waals surface area (Å²) in [5.41, 5.74) is -0.620. The summed E-state index contributed by atoms with van der Waals surface area (Å²) in [5, 5.41) is 8.75. The lowest BCUT2D eigenvalue weighted by Crippen LogP contribution is -2.47. The molecule has 4 nitrogen and oxygen atoms in total. The van der Waals surface area contributed by atoms with Gasteiger partial charge in [0.2, 0.25) is 0 Å². The molecule has 1 aliphatic rings. The quantitative estimate of drug-likeness (QED) is 0.737. The Morgan fingerprint density at radius 3 is 2.80 bits per heavy atom. The third-order valence-corrected chi connectivity index (χ3v) is 2.93. The second kappa shape index (κ2) is 5.47. The number of amides is 1. The van der Waals surface area contributed by atoms with Crippen LogP contribution in [-0.2, 0) is 9.53 Å². The zero-order valence-corrected chi connectivity index (χ0v) is 9.66. The van der Waals surface area contributed by atoms with E-state index in [9.17, 15) is 4.79 Å². The number of nitrogens with zero attached hydrogens (tertiary/aromatic N) is 1. The van der Waals surface area contributed by atoms with E-state index in [0.29, 0.717) is 26.1 Å². The maximum atomic E-state index is 12.1. The summed E-state index contributed by atoms with van der Waals surface area (Å²) >= 11 is 0. The molecule has 0 aromatic rings. The number of likely N-dealkylation sites (N-methyl/N-ethyl adjacent to an activating group) is 1. The lowest BCUT2D eigenvalue weighted by atomic mass is 10.0. The predicted molar refractivity (Wildman–Crippen MR) is 57.5 cm³/mol. The number of aliphatic hydroxyl groups is 1. The second-order valence-electron chi connectivity index (χ2n) is 4.14. The molecule has 1 atom stereocenters. The Balaban J connectivity index is 2.55. The first kappa shape index (κ1) is 12.5. The van der Waals surface area contributed by atoms with Crippen LogP contribution in [0.5, 0.6) is 0 Å². The summed E-state index contributed by atoms with van der Waals surface area (Å²) in [4.78, 5) is 13.9. The maximum Gasteiger partial charge on any atom is 0.254 e. The van der Waals surface area contributed by atoms with Crippen molar-refractivity contribution in [3.63, 3.8) is 0 Å². The molecule has 4 heteroatoms. The smallest absolute Gasteiger partial charge is 0.254 e. The van der Waals surface area contributed by atoms with E-state index in [4.69, 9.17) is 9.84 Å². The molecule has 0 aromatic carbocycles. The van der Waals surface area contributed by atoms with Crippen LogP contribution in [0.3, 0.4) is 0 Å². The zero-order valence-electron chi connectivity index (χ0n) is 9.66. The highest BCUT2D eigenvalue weighted by atomic mass is 16.5. The topological polar surface area (TPSA) is 49.8 Å². The van der Waals surface area contributed by atoms with Gasteiger partial charge in [0, 0.05) is 26.3 Å². The minimum absolute atomic E-state index is 0.0657. The van der Waals surface area contributed by atoms with E-state index in [0.717, 1.165) is 12.8 Å². The maximum absolute atomic E-state index is 12.1. The monoisotopic (exact) mass is 215 g/mol. The van der Waals surface area contributed by atoms with Gasteiger partial charge in [-0.1, -0.05) is 0 Å². The average molecular weight is 215 g/mol. The molecule has 0 radical (unpaired) electrons. The molecule has 1 heterocycles. The van der Waals surface area contributed by atoms with Crippen molar-refractivity contribution >= 4 is 5.91 Å². The Bertz CT molecular complexity index is 212. The molecule has 0 aliphatic carbocycles. The normalized spacial score (nSPS) is 25.5. The number of carbonyl (C=O) groups excluding carboxylic acids is 1. The van der Waals surface area contributed by atoms with E-state index in [-0.39, 0.29) is 12.5 Å². The Kier molecular flexibility index (Phi) is 4.54. The van der Waals surface area contributed by atoms with Crippen LogP contribution in [0.2, 0.25) is 0 Å². The number of ether oxygens (including phenoxy) is 1. The van der Waals surface area contributed by atoms with Crippen LogP contribution in [0.1, 0.15) is 33.1 Å². The van der Waals surface area contributed by atoms with Gasteiger partial charge in [-0.2, -0.15) is 0 Å². The van der Waals surface area contributed by atoms with Crippen LogP contribution < -0.4 is 0 Å². The fourth-order valence-corrected chi connectivity index (χ4v) is 1.95. The summed E-state index contributed by atoms with van der Waals surface area (Å²) in [5.74, 6) is 0.0657. The highest BCUT2D eigenvalue weighted by Gasteiger charge is 2.39. The van der Waals surface area contributed by atoms with Crippen molar-refractivity contribution in [1.82, 2.24) is 4.90 Å². The molecule has 0 saturated carbocycles. The number of hydrogen-bond acceptors (Lipinski definition) is 3. The van der Waals surface area contributed by atoms with Crippen molar-refractivity contribution in [3.8, 4) is 0 Å². The van der Waals surface area contributed by atoms with Crippen LogP contribution in [0, 0.1) is 0 Å². The van der Waals surface area contributed by atoms with Crippen molar-refractivity contribution in [2.24, 2.45) is 0 Å². The van der Waals surface area contributed by atoms with E-state index in [1.165, 1.54) is 0 Å². The van der Waals surface area contributed by atoms with Gasteiger partial charge in [-0.15, -0.1) is 0 Å². The zero-order chi connectivity index (χ0) is 11.3. The van der Waals surface area contributed by atoms with Gasteiger partial charge in [0.15, 0.2) is 0 Å². The molecule has 1 amide bonds. The van der Waals surface area contributed by atoms with Gasteiger partial charge in [-0.05, 0) is 33.1 Å². The molecular weight excluding hydrogens is 194 g/mol. The Labute approximate surface area is 91.2 Å². The summed E-state index contributed by atoms with van der Waals surface area (Å²) in [6, 6.07) is 0. The SMILES string of the molecule is CCN(CCCO)C(=O)C1(C)CCCO1. The summed E-state index contributed by atoms with van der Waals surface area (Å²) in [6.45, 7) is 5.92. The van der Waals surface area contributed by atoms with E-state index in [1.54, 1.807) is 4.90 Å². The molecule has 0 bridgehead atoms. The third kappa shape index (κ3) is 2.92. The molecule has 1 N–H and O–H groups in total. The van der Waals surface area contributed by atoms with E-state index in [1.807, 2.05) is 13.8 Å². The molecule has 0 spiro atoms. The largest absolute Gasteiger partial charge is 0.396 e. The fourth-order valence-electron chi connectivity index (χ4n) is 1.95. The fraction of sp³-hybridized carbons (Fsp3) is 0.909. The van der Waals surface area contributed by atoms with E-state index >= 15 is 0 Å². The van der Waals surface area contributed by atoms with Crippen molar-refractivity contribution < 1.29 is 14.6 Å². The van der Waals surface area contributed by atoms with Crippen LogP contribution >= 0.6 is 0 Å². The molecular formula is C11H21NO3. The average Bonchev–Trinajstić information content (AvgIpc) is 2.67. The first-order chi connectivity index (χ1) is 7.14. The standard InChI is InChI=1S/C11H21NO3/c1-3-12(7-5-8-13)10(14)11(2)6-4-9-15-11/h13H,3-9H2,1-2H3. The Morgan fingerprint density at radius 1 is 1.60 bits per heavy atom. The van der Waals surface area contributed by atoms with Gasteiger partial charge >= 0.3 is 0 Å². The van der Waals surface area contributed by atoms with Crippen molar-refractivity contribution in [2.45, 2.75) is 38.7 Å². The van der Waals surface area contributed by atoms with Crippen molar-refractivity contribution in [1.29, 1.82) is 0 Å². The highest BCUT2D eigenvalue weighted by molar-refractivity contribution is 5.85. The number of hydrogen-bond donors (Lipinski definition) is 1. The van der Waals surface area contributed by atoms with Gasteiger partial charge in [-0.25, -0.2) is 0 Å². The molecule has 15 heavy (non-hydrogen) atoms. The van der Waals surface area contributed by atoms with Gasteiger partial charge in [-0.3, -0.25) is 4.79 Å². The highest BCUT2D eigenvalue weighted by Crippen LogP contribution is 2.27. The van der Waals surface area contributed by atoms with Gasteiger partial charge in [0.25, 0.3) is 5.91 Å². The second-order valence-corrected chi connectivity index (χ2v) is 4.14. The Morgan fingerprint density at radius 2 is 2.33 bits per heavy atom. The molecule has 1 fully saturated rings. The molecule has 1 unspecified atom stereocenters. The summed E-state index contributed by atoms with van der Waals surface area (Å²) < 4.78 is 5.51. The van der Waals surface area contributed by atoms with E-state index < -0.39 is 5.60 Å². The lowest BCUT2D eigenvalue weighted by molar-refractivity contribution is -0.150. The first-order valence-corrected chi connectivity index (χ1v) is 5.68. The minimum Gasteiger partial charge on any atom is -0.396 e. The molecule has 1 saturated heterocycles. The van der Waals surface area contributed by atoms with Crippen LogP contribution in [0.4, 0.5) is 0 Å². The van der Waals surface area contributed by atoms with Crippen molar-refractivity contribution in [3.05, 3.63) is 0 Å². The number of aliphatic hydroxyl groups excluding tert-OH is 1. The minimum atomic E-state index is -0.620. The Hall–Kier alpha value is -0.610. The predicted octanol–water partition coefficient (Wildman–Crippen LogP) is 0.786. The summed E-state index contributed by atoms with van der Waals surface area (Å²) in [6.07, 6.45) is 2.40. The van der Waals surface area contributed by atoms with Crippen LogP contribution in [0.25, 0.3) is 0 Å². The van der Waals surface area contributed by atoms with Crippen LogP contribution in [-0.4, -0.2) is 47.8 Å². The number of carbonyl (C=O) groups is 1.